The van der Waals surface area contributed by atoms with E-state index >= 15 is 0 Å². The van der Waals surface area contributed by atoms with Gasteiger partial charge in [0.2, 0.25) is 0 Å². The average molecular weight is 367 g/mol. The predicted molar refractivity (Wildman–Crippen MR) is 108 cm³/mol. The van der Waals surface area contributed by atoms with E-state index in [1.165, 1.54) is 0 Å². The van der Waals surface area contributed by atoms with Gasteiger partial charge in [0.25, 0.3) is 5.91 Å². The maximum atomic E-state index is 12.9. The summed E-state index contributed by atoms with van der Waals surface area (Å²) in [6.45, 7) is 8.20. The van der Waals surface area contributed by atoms with Crippen LogP contribution in [0.5, 0.6) is 0 Å². The number of hydrogen-bond donors (Lipinski definition) is 0. The zero-order valence-corrected chi connectivity index (χ0v) is 16.3. The summed E-state index contributed by atoms with van der Waals surface area (Å²) in [6, 6.07) is 11.9. The normalized spacial score (nSPS) is 17.0. The molecule has 0 unspecified atom stereocenters. The van der Waals surface area contributed by atoms with Crippen LogP contribution in [0.1, 0.15) is 42.6 Å². The number of carbonyl (C=O) groups is 1. The Morgan fingerprint density at radius 2 is 2.00 bits per heavy atom. The molecule has 2 aromatic rings. The van der Waals surface area contributed by atoms with Gasteiger partial charge in [0.1, 0.15) is 0 Å². The minimum absolute atomic E-state index is 0.0813. The first-order chi connectivity index (χ1) is 13.2. The molecule has 5 nitrogen and oxygen atoms in total. The fraction of sp³-hybridized carbons (Fsp3) is 0.455. The Hall–Kier alpha value is -2.40. The van der Waals surface area contributed by atoms with Crippen LogP contribution in [0.3, 0.4) is 0 Å². The van der Waals surface area contributed by atoms with Crippen LogP contribution < -0.4 is 4.90 Å². The van der Waals surface area contributed by atoms with Gasteiger partial charge in [0, 0.05) is 49.8 Å². The first-order valence-electron chi connectivity index (χ1n) is 9.86. The van der Waals surface area contributed by atoms with Crippen molar-refractivity contribution in [1.29, 1.82) is 0 Å². The minimum atomic E-state index is 0.0813. The Labute approximate surface area is 162 Å². The smallest absolute Gasteiger partial charge is 0.253 e. The van der Waals surface area contributed by atoms with Gasteiger partial charge in [-0.3, -0.25) is 9.78 Å². The van der Waals surface area contributed by atoms with E-state index in [9.17, 15) is 4.79 Å². The SMILES string of the molecule is CCN(CC)c1ccc(C(=O)N2CCC[C@@H](OCc3cccnc3)C2)cc1. The zero-order chi connectivity index (χ0) is 19.1. The molecular weight excluding hydrogens is 338 g/mol. The Morgan fingerprint density at radius 1 is 1.22 bits per heavy atom. The number of hydrogen-bond acceptors (Lipinski definition) is 4. The number of amides is 1. The summed E-state index contributed by atoms with van der Waals surface area (Å²) in [5.41, 5.74) is 2.97. The van der Waals surface area contributed by atoms with E-state index in [1.54, 1.807) is 6.20 Å². The highest BCUT2D eigenvalue weighted by molar-refractivity contribution is 5.94. The lowest BCUT2D eigenvalue weighted by Gasteiger charge is -2.33. The van der Waals surface area contributed by atoms with E-state index in [1.807, 2.05) is 47.5 Å². The monoisotopic (exact) mass is 367 g/mol. The lowest BCUT2D eigenvalue weighted by atomic mass is 10.1. The summed E-state index contributed by atoms with van der Waals surface area (Å²) < 4.78 is 6.02. The Morgan fingerprint density at radius 3 is 2.67 bits per heavy atom. The van der Waals surface area contributed by atoms with Crippen LogP contribution in [0.25, 0.3) is 0 Å². The summed E-state index contributed by atoms with van der Waals surface area (Å²) in [5.74, 6) is 0.0933. The summed E-state index contributed by atoms with van der Waals surface area (Å²) in [7, 11) is 0. The van der Waals surface area contributed by atoms with E-state index in [4.69, 9.17) is 4.74 Å². The third kappa shape index (κ3) is 5.07. The van der Waals surface area contributed by atoms with Crippen molar-refractivity contribution in [1.82, 2.24) is 9.88 Å². The van der Waals surface area contributed by atoms with E-state index in [-0.39, 0.29) is 12.0 Å². The van der Waals surface area contributed by atoms with Crippen molar-refractivity contribution < 1.29 is 9.53 Å². The van der Waals surface area contributed by atoms with Crippen LogP contribution in [-0.2, 0) is 11.3 Å². The molecule has 27 heavy (non-hydrogen) atoms. The van der Waals surface area contributed by atoms with E-state index in [0.29, 0.717) is 13.2 Å². The number of anilines is 1. The standard InChI is InChI=1S/C22H29N3O2/c1-3-24(4-2)20-11-9-19(10-12-20)22(26)25-14-6-8-21(16-25)27-17-18-7-5-13-23-15-18/h5,7,9-13,15,21H,3-4,6,8,14,16-17H2,1-2H3/t21-/m1/s1. The van der Waals surface area contributed by atoms with Crippen molar-refractivity contribution in [2.45, 2.75) is 39.4 Å². The van der Waals surface area contributed by atoms with E-state index in [2.05, 4.69) is 23.7 Å². The highest BCUT2D eigenvalue weighted by Crippen LogP contribution is 2.20. The van der Waals surface area contributed by atoms with Crippen molar-refractivity contribution in [3.8, 4) is 0 Å². The molecule has 0 aliphatic carbocycles. The van der Waals surface area contributed by atoms with Gasteiger partial charge in [0.05, 0.1) is 12.7 Å². The molecule has 1 aliphatic heterocycles. The molecule has 0 saturated carbocycles. The molecule has 1 saturated heterocycles. The van der Waals surface area contributed by atoms with Gasteiger partial charge in [0.15, 0.2) is 0 Å². The molecule has 0 bridgehead atoms. The number of nitrogens with zero attached hydrogens (tertiary/aromatic N) is 3. The second kappa shape index (κ2) is 9.51. The number of aromatic nitrogens is 1. The molecular formula is C22H29N3O2. The minimum Gasteiger partial charge on any atom is -0.372 e. The van der Waals surface area contributed by atoms with Crippen LogP contribution >= 0.6 is 0 Å². The zero-order valence-electron chi connectivity index (χ0n) is 16.3. The molecule has 1 fully saturated rings. The van der Waals surface area contributed by atoms with Crippen LogP contribution in [0.15, 0.2) is 48.8 Å². The summed E-state index contributed by atoms with van der Waals surface area (Å²) in [4.78, 5) is 21.2. The second-order valence-electron chi connectivity index (χ2n) is 6.91. The van der Waals surface area contributed by atoms with Gasteiger partial charge in [-0.25, -0.2) is 0 Å². The third-order valence-electron chi connectivity index (χ3n) is 5.12. The molecule has 0 spiro atoms. The number of piperidine rings is 1. The van der Waals surface area contributed by atoms with Crippen molar-refractivity contribution in [2.24, 2.45) is 0 Å². The molecule has 0 radical (unpaired) electrons. The van der Waals surface area contributed by atoms with Crippen molar-refractivity contribution in [3.63, 3.8) is 0 Å². The molecule has 144 valence electrons. The molecule has 2 heterocycles. The number of likely N-dealkylation sites (tertiary alicyclic amines) is 1. The third-order valence-corrected chi connectivity index (χ3v) is 5.12. The molecule has 1 aliphatic rings. The largest absolute Gasteiger partial charge is 0.372 e. The molecule has 0 N–H and O–H groups in total. The maximum absolute atomic E-state index is 12.9. The summed E-state index contributed by atoms with van der Waals surface area (Å²) in [5, 5.41) is 0. The number of benzene rings is 1. The van der Waals surface area contributed by atoms with Gasteiger partial charge in [-0.05, 0) is 62.6 Å². The van der Waals surface area contributed by atoms with Gasteiger partial charge in [-0.1, -0.05) is 6.07 Å². The van der Waals surface area contributed by atoms with Crippen LogP contribution in [0, 0.1) is 0 Å². The first-order valence-corrected chi connectivity index (χ1v) is 9.86. The van der Waals surface area contributed by atoms with Crippen molar-refractivity contribution in [3.05, 3.63) is 59.9 Å². The summed E-state index contributed by atoms with van der Waals surface area (Å²) >= 11 is 0. The number of rotatable bonds is 7. The lowest BCUT2D eigenvalue weighted by Crippen LogP contribution is -2.43. The summed E-state index contributed by atoms with van der Waals surface area (Å²) in [6.07, 6.45) is 5.63. The van der Waals surface area contributed by atoms with Crippen molar-refractivity contribution >= 4 is 11.6 Å². The number of carbonyl (C=O) groups excluding carboxylic acids is 1. The number of pyridine rings is 1. The lowest BCUT2D eigenvalue weighted by molar-refractivity contribution is -0.00681. The van der Waals surface area contributed by atoms with Gasteiger partial charge < -0.3 is 14.5 Å². The van der Waals surface area contributed by atoms with Gasteiger partial charge >= 0.3 is 0 Å². The maximum Gasteiger partial charge on any atom is 0.253 e. The Balaban J connectivity index is 1.57. The van der Waals surface area contributed by atoms with Crippen LogP contribution in [0.2, 0.25) is 0 Å². The van der Waals surface area contributed by atoms with Gasteiger partial charge in [-0.15, -0.1) is 0 Å². The topological polar surface area (TPSA) is 45.7 Å². The highest BCUT2D eigenvalue weighted by Gasteiger charge is 2.25. The van der Waals surface area contributed by atoms with Gasteiger partial charge in [-0.2, -0.15) is 0 Å². The quantitative estimate of drug-likeness (QED) is 0.748. The molecule has 5 heteroatoms. The van der Waals surface area contributed by atoms with E-state index < -0.39 is 0 Å². The Kier molecular flexibility index (Phi) is 6.82. The number of ether oxygens (including phenoxy) is 1. The first kappa shape index (κ1) is 19.4. The van der Waals surface area contributed by atoms with Crippen LogP contribution in [0.4, 0.5) is 5.69 Å². The fourth-order valence-electron chi connectivity index (χ4n) is 3.54. The Bertz CT molecular complexity index is 714. The average Bonchev–Trinajstić information content (AvgIpc) is 2.74. The fourth-order valence-corrected chi connectivity index (χ4v) is 3.54. The highest BCUT2D eigenvalue weighted by atomic mass is 16.5. The van der Waals surface area contributed by atoms with Crippen molar-refractivity contribution in [2.75, 3.05) is 31.1 Å². The molecule has 1 amide bonds. The van der Waals surface area contributed by atoms with Crippen LogP contribution in [-0.4, -0.2) is 48.1 Å². The predicted octanol–water partition coefficient (Wildman–Crippen LogP) is 3.75. The van der Waals surface area contributed by atoms with E-state index in [0.717, 1.165) is 49.3 Å². The molecule has 1 aromatic carbocycles. The molecule has 1 atom stereocenters. The molecule has 3 rings (SSSR count). The molecule has 1 aromatic heterocycles. The second-order valence-corrected chi connectivity index (χ2v) is 6.91.